The second-order valence-corrected chi connectivity index (χ2v) is 7.87. The maximum atomic E-state index is 13.4. The quantitative estimate of drug-likeness (QED) is 0.532. The van der Waals surface area contributed by atoms with Crippen LogP contribution >= 0.6 is 23.2 Å². The molecule has 0 unspecified atom stereocenters. The Kier molecular flexibility index (Phi) is 8.93. The number of pyridine rings is 1. The largest absolute Gasteiger partial charge is 0.412 e. The number of carbonyl (C=O) groups is 3. The molecule has 1 aromatic heterocycles. The van der Waals surface area contributed by atoms with Gasteiger partial charge < -0.3 is 15.7 Å². The molecule has 3 rings (SSSR count). The van der Waals surface area contributed by atoms with Gasteiger partial charge in [0.15, 0.2) is 0 Å². The van der Waals surface area contributed by atoms with E-state index in [4.69, 9.17) is 23.2 Å². The molecule has 0 spiro atoms. The standard InChI is InChI=1S/C23H20Cl2N4O3.H2O/c1-28(2)21(30)14-27-19-11-12-26-13-20(19)29(22(31)15-3-7-17(24)8-4-15)23(32)16-5-9-18(25)10-6-16;/h3-13H,14H2,1-2H3,(H,26,27);1H2. The molecule has 33 heavy (non-hydrogen) atoms. The van der Waals surface area contributed by atoms with Crippen molar-refractivity contribution in [3.05, 3.63) is 88.2 Å². The number of nitrogens with zero attached hydrogens (tertiary/aromatic N) is 3. The molecule has 0 bridgehead atoms. The molecule has 172 valence electrons. The molecule has 3 N–H and O–H groups in total. The molecule has 0 aliphatic heterocycles. The third-order valence-electron chi connectivity index (χ3n) is 4.56. The molecular formula is C23H22Cl2N4O4. The second kappa shape index (κ2) is 11.4. The van der Waals surface area contributed by atoms with E-state index in [1.165, 1.54) is 41.6 Å². The van der Waals surface area contributed by atoms with Crippen molar-refractivity contribution in [1.82, 2.24) is 9.88 Å². The third-order valence-corrected chi connectivity index (χ3v) is 5.06. The maximum absolute atomic E-state index is 13.4. The Morgan fingerprint density at radius 3 is 1.79 bits per heavy atom. The number of amides is 3. The van der Waals surface area contributed by atoms with Crippen LogP contribution in [0, 0.1) is 0 Å². The average Bonchev–Trinajstić information content (AvgIpc) is 2.79. The number of halogens is 2. The highest BCUT2D eigenvalue weighted by Crippen LogP contribution is 2.28. The van der Waals surface area contributed by atoms with Gasteiger partial charge in [-0.15, -0.1) is 0 Å². The smallest absolute Gasteiger partial charge is 0.265 e. The van der Waals surface area contributed by atoms with Crippen molar-refractivity contribution in [2.75, 3.05) is 30.9 Å². The highest BCUT2D eigenvalue weighted by atomic mass is 35.5. The van der Waals surface area contributed by atoms with Gasteiger partial charge in [0.25, 0.3) is 11.8 Å². The molecule has 0 aliphatic carbocycles. The van der Waals surface area contributed by atoms with Gasteiger partial charge in [0.2, 0.25) is 5.91 Å². The molecule has 3 aromatic rings. The lowest BCUT2D eigenvalue weighted by Crippen LogP contribution is -2.38. The molecular weight excluding hydrogens is 467 g/mol. The molecule has 3 amide bonds. The van der Waals surface area contributed by atoms with Crippen LogP contribution in [0.25, 0.3) is 0 Å². The van der Waals surface area contributed by atoms with Crippen LogP contribution in [0.1, 0.15) is 20.7 Å². The molecule has 0 radical (unpaired) electrons. The van der Waals surface area contributed by atoms with Crippen molar-refractivity contribution >= 4 is 52.3 Å². The molecule has 2 aromatic carbocycles. The first-order chi connectivity index (χ1) is 15.3. The summed E-state index contributed by atoms with van der Waals surface area (Å²) in [6.07, 6.45) is 2.90. The Morgan fingerprint density at radius 1 is 0.848 bits per heavy atom. The van der Waals surface area contributed by atoms with Gasteiger partial charge in [0.05, 0.1) is 24.1 Å². The van der Waals surface area contributed by atoms with Crippen molar-refractivity contribution in [3.8, 4) is 0 Å². The molecule has 1 heterocycles. The van der Waals surface area contributed by atoms with E-state index >= 15 is 0 Å². The fourth-order valence-corrected chi connectivity index (χ4v) is 3.05. The molecule has 8 nitrogen and oxygen atoms in total. The molecule has 0 fully saturated rings. The lowest BCUT2D eigenvalue weighted by Gasteiger charge is -2.24. The number of hydrogen-bond acceptors (Lipinski definition) is 5. The number of aromatic nitrogens is 1. The van der Waals surface area contributed by atoms with Crippen molar-refractivity contribution in [3.63, 3.8) is 0 Å². The van der Waals surface area contributed by atoms with Crippen LogP contribution < -0.4 is 10.2 Å². The fourth-order valence-electron chi connectivity index (χ4n) is 2.80. The van der Waals surface area contributed by atoms with Crippen LogP contribution in [-0.4, -0.2) is 53.7 Å². The third kappa shape index (κ3) is 6.29. The van der Waals surface area contributed by atoms with Crippen molar-refractivity contribution < 1.29 is 19.9 Å². The van der Waals surface area contributed by atoms with E-state index in [1.807, 2.05) is 0 Å². The molecule has 10 heteroatoms. The van der Waals surface area contributed by atoms with Gasteiger partial charge in [-0.1, -0.05) is 23.2 Å². The van der Waals surface area contributed by atoms with Gasteiger partial charge in [-0.2, -0.15) is 0 Å². The maximum Gasteiger partial charge on any atom is 0.265 e. The first kappa shape index (κ1) is 25.8. The predicted molar refractivity (Wildman–Crippen MR) is 129 cm³/mol. The second-order valence-electron chi connectivity index (χ2n) is 6.99. The Morgan fingerprint density at radius 2 is 1.33 bits per heavy atom. The van der Waals surface area contributed by atoms with E-state index in [-0.39, 0.29) is 34.7 Å². The van der Waals surface area contributed by atoms with Gasteiger partial charge in [0.1, 0.15) is 0 Å². The van der Waals surface area contributed by atoms with E-state index in [0.717, 1.165) is 4.90 Å². The topological polar surface area (TPSA) is 114 Å². The zero-order chi connectivity index (χ0) is 23.3. The van der Waals surface area contributed by atoms with E-state index in [0.29, 0.717) is 15.7 Å². The zero-order valence-electron chi connectivity index (χ0n) is 17.9. The zero-order valence-corrected chi connectivity index (χ0v) is 19.4. The summed E-state index contributed by atoms with van der Waals surface area (Å²) < 4.78 is 0. The summed E-state index contributed by atoms with van der Waals surface area (Å²) in [6, 6.07) is 14.0. The number of likely N-dealkylation sites (N-methyl/N-ethyl adjacent to an activating group) is 1. The summed E-state index contributed by atoms with van der Waals surface area (Å²) in [5, 5.41) is 3.91. The minimum Gasteiger partial charge on any atom is -0.412 e. The first-order valence-electron chi connectivity index (χ1n) is 9.56. The Balaban J connectivity index is 0.00000385. The van der Waals surface area contributed by atoms with Crippen LogP contribution in [0.2, 0.25) is 10.0 Å². The minimum absolute atomic E-state index is 0. The number of rotatable bonds is 6. The number of imide groups is 1. The van der Waals surface area contributed by atoms with Gasteiger partial charge in [-0.3, -0.25) is 19.4 Å². The molecule has 0 saturated carbocycles. The van der Waals surface area contributed by atoms with Crippen LogP contribution in [0.15, 0.2) is 67.0 Å². The summed E-state index contributed by atoms with van der Waals surface area (Å²) in [6.45, 7) is -0.0257. The normalized spacial score (nSPS) is 10.1. The van der Waals surface area contributed by atoms with Crippen LogP contribution in [0.4, 0.5) is 11.4 Å². The molecule has 0 atom stereocenters. The molecule has 0 saturated heterocycles. The lowest BCUT2D eigenvalue weighted by molar-refractivity contribution is -0.126. The van der Waals surface area contributed by atoms with Crippen LogP contribution in [-0.2, 0) is 4.79 Å². The van der Waals surface area contributed by atoms with E-state index in [9.17, 15) is 14.4 Å². The fraction of sp³-hybridized carbons (Fsp3) is 0.130. The minimum atomic E-state index is -0.573. The van der Waals surface area contributed by atoms with Gasteiger partial charge >= 0.3 is 0 Å². The number of carbonyl (C=O) groups excluding carboxylic acids is 3. The highest BCUT2D eigenvalue weighted by molar-refractivity contribution is 6.32. The first-order valence-corrected chi connectivity index (χ1v) is 10.3. The number of hydrogen-bond donors (Lipinski definition) is 1. The SMILES string of the molecule is CN(C)C(=O)CNc1ccncc1N(C(=O)c1ccc(Cl)cc1)C(=O)c1ccc(Cl)cc1.O. The van der Waals surface area contributed by atoms with E-state index < -0.39 is 11.8 Å². The van der Waals surface area contributed by atoms with Gasteiger partial charge in [-0.25, -0.2) is 4.90 Å². The Hall–Kier alpha value is -3.46. The van der Waals surface area contributed by atoms with Crippen LogP contribution in [0.3, 0.4) is 0 Å². The Bertz CT molecular complexity index is 1080. The van der Waals surface area contributed by atoms with E-state index in [2.05, 4.69) is 10.3 Å². The summed E-state index contributed by atoms with van der Waals surface area (Å²) in [5.74, 6) is -1.32. The average molecular weight is 489 g/mol. The number of anilines is 2. The van der Waals surface area contributed by atoms with Crippen molar-refractivity contribution in [2.45, 2.75) is 0 Å². The molecule has 0 aliphatic rings. The van der Waals surface area contributed by atoms with Crippen molar-refractivity contribution in [1.29, 1.82) is 0 Å². The summed E-state index contributed by atoms with van der Waals surface area (Å²) in [4.78, 5) is 45.5. The van der Waals surface area contributed by atoms with E-state index in [1.54, 1.807) is 44.4 Å². The van der Waals surface area contributed by atoms with Gasteiger partial charge in [-0.05, 0) is 54.6 Å². The lowest BCUT2D eigenvalue weighted by atomic mass is 10.1. The predicted octanol–water partition coefficient (Wildman–Crippen LogP) is 3.55. The van der Waals surface area contributed by atoms with Crippen LogP contribution in [0.5, 0.6) is 0 Å². The number of benzene rings is 2. The Labute approximate surface area is 201 Å². The van der Waals surface area contributed by atoms with Crippen molar-refractivity contribution in [2.24, 2.45) is 0 Å². The summed E-state index contributed by atoms with van der Waals surface area (Å²) >= 11 is 11.9. The number of nitrogens with one attached hydrogen (secondary N) is 1. The monoisotopic (exact) mass is 488 g/mol. The summed E-state index contributed by atoms with van der Waals surface area (Å²) in [7, 11) is 3.27. The summed E-state index contributed by atoms with van der Waals surface area (Å²) in [5.41, 5.74) is 1.13. The van der Waals surface area contributed by atoms with Gasteiger partial charge in [0, 0.05) is 41.5 Å². The highest BCUT2D eigenvalue weighted by Gasteiger charge is 2.28.